The predicted octanol–water partition coefficient (Wildman–Crippen LogP) is 0.319. The van der Waals surface area contributed by atoms with Gasteiger partial charge in [0.2, 0.25) is 0 Å². The lowest BCUT2D eigenvalue weighted by Crippen LogP contribution is -2.47. The first kappa shape index (κ1) is 13.5. The molecule has 1 aliphatic rings. The van der Waals surface area contributed by atoms with Gasteiger partial charge < -0.3 is 15.2 Å². The molecule has 2 rings (SSSR count). The Morgan fingerprint density at radius 3 is 3.00 bits per heavy atom. The largest absolute Gasteiger partial charge is 0.396 e. The fourth-order valence-electron chi connectivity index (χ4n) is 2.20. The van der Waals surface area contributed by atoms with Crippen molar-refractivity contribution in [2.45, 2.75) is 44.4 Å². The van der Waals surface area contributed by atoms with Crippen LogP contribution in [-0.4, -0.2) is 46.0 Å². The summed E-state index contributed by atoms with van der Waals surface area (Å²) in [7, 11) is 1.78. The van der Waals surface area contributed by atoms with Crippen molar-refractivity contribution in [3.63, 3.8) is 0 Å². The smallest absolute Gasteiger partial charge is 0.0964 e. The van der Waals surface area contributed by atoms with Crippen LogP contribution in [0, 0.1) is 0 Å². The molecular formula is C12H22N4O2. The lowest BCUT2D eigenvalue weighted by Gasteiger charge is -2.40. The number of aryl methyl sites for hydroxylation is 1. The summed E-state index contributed by atoms with van der Waals surface area (Å²) in [5.74, 6) is 0. The van der Waals surface area contributed by atoms with Crippen LogP contribution in [0.4, 0.5) is 0 Å². The van der Waals surface area contributed by atoms with Crippen LogP contribution < -0.4 is 5.32 Å². The second-order valence-corrected chi connectivity index (χ2v) is 4.89. The third-order valence-corrected chi connectivity index (χ3v) is 3.58. The molecule has 0 radical (unpaired) electrons. The van der Waals surface area contributed by atoms with Gasteiger partial charge in [-0.2, -0.15) is 0 Å². The number of rotatable bonds is 8. The van der Waals surface area contributed by atoms with Crippen LogP contribution in [0.3, 0.4) is 0 Å². The number of aliphatic hydroxyl groups is 1. The van der Waals surface area contributed by atoms with Crippen molar-refractivity contribution >= 4 is 0 Å². The highest BCUT2D eigenvalue weighted by Gasteiger charge is 2.36. The van der Waals surface area contributed by atoms with Gasteiger partial charge >= 0.3 is 0 Å². The van der Waals surface area contributed by atoms with Crippen LogP contribution in [0.1, 0.15) is 31.4 Å². The highest BCUT2D eigenvalue weighted by atomic mass is 16.5. The van der Waals surface area contributed by atoms with Crippen LogP contribution in [0.15, 0.2) is 6.20 Å². The average molecular weight is 254 g/mol. The van der Waals surface area contributed by atoms with E-state index in [2.05, 4.69) is 15.6 Å². The maximum absolute atomic E-state index is 8.74. The zero-order valence-corrected chi connectivity index (χ0v) is 10.9. The van der Waals surface area contributed by atoms with Crippen molar-refractivity contribution in [1.82, 2.24) is 20.3 Å². The zero-order valence-electron chi connectivity index (χ0n) is 10.9. The van der Waals surface area contributed by atoms with Crippen LogP contribution in [0.2, 0.25) is 0 Å². The van der Waals surface area contributed by atoms with Gasteiger partial charge in [-0.1, -0.05) is 5.21 Å². The highest BCUT2D eigenvalue weighted by molar-refractivity contribution is 4.95. The molecule has 6 heteroatoms. The lowest BCUT2D eigenvalue weighted by molar-refractivity contribution is -0.0695. The Kier molecular flexibility index (Phi) is 4.68. The molecule has 1 aliphatic carbocycles. The highest BCUT2D eigenvalue weighted by Crippen LogP contribution is 2.34. The summed E-state index contributed by atoms with van der Waals surface area (Å²) in [6, 6.07) is 0. The topological polar surface area (TPSA) is 72.2 Å². The number of hydrogen-bond donors (Lipinski definition) is 2. The van der Waals surface area contributed by atoms with Gasteiger partial charge in [-0.05, 0) is 25.7 Å². The minimum atomic E-state index is 0.0485. The molecule has 0 bridgehead atoms. The molecule has 1 heterocycles. The standard InChI is InChI=1S/C12H22N4O2/c1-18-12(4-2-5-12)10-13-8-11-9-16(15-14-11)6-3-7-17/h9,13,17H,2-8,10H2,1H3. The fraction of sp³-hybridized carbons (Fsp3) is 0.833. The minimum Gasteiger partial charge on any atom is -0.396 e. The molecule has 0 amide bonds. The Balaban J connectivity index is 1.71. The Labute approximate surface area is 107 Å². The van der Waals surface area contributed by atoms with Crippen molar-refractivity contribution in [2.75, 3.05) is 20.3 Å². The summed E-state index contributed by atoms with van der Waals surface area (Å²) in [6.45, 7) is 2.48. The predicted molar refractivity (Wildman–Crippen MR) is 67.0 cm³/mol. The van der Waals surface area contributed by atoms with Crippen LogP contribution in [0.25, 0.3) is 0 Å². The van der Waals surface area contributed by atoms with E-state index in [1.165, 1.54) is 6.42 Å². The van der Waals surface area contributed by atoms with E-state index in [0.29, 0.717) is 19.5 Å². The van der Waals surface area contributed by atoms with Gasteiger partial charge in [0.25, 0.3) is 0 Å². The van der Waals surface area contributed by atoms with Crippen molar-refractivity contribution in [3.05, 3.63) is 11.9 Å². The van der Waals surface area contributed by atoms with Crippen molar-refractivity contribution in [3.8, 4) is 0 Å². The molecule has 0 aromatic carbocycles. The third kappa shape index (κ3) is 3.28. The summed E-state index contributed by atoms with van der Waals surface area (Å²) in [6.07, 6.45) is 6.16. The maximum Gasteiger partial charge on any atom is 0.0964 e. The number of aromatic nitrogens is 3. The number of nitrogens with one attached hydrogen (secondary N) is 1. The number of hydrogen-bond acceptors (Lipinski definition) is 5. The molecule has 6 nitrogen and oxygen atoms in total. The molecule has 2 N–H and O–H groups in total. The molecule has 1 saturated carbocycles. The summed E-state index contributed by atoms with van der Waals surface area (Å²) in [4.78, 5) is 0. The molecular weight excluding hydrogens is 232 g/mol. The molecule has 1 aromatic rings. The molecule has 0 spiro atoms. The lowest BCUT2D eigenvalue weighted by atomic mass is 9.80. The minimum absolute atomic E-state index is 0.0485. The van der Waals surface area contributed by atoms with Gasteiger partial charge in [0.05, 0.1) is 11.3 Å². The average Bonchev–Trinajstić information content (AvgIpc) is 2.78. The first-order valence-corrected chi connectivity index (χ1v) is 6.54. The molecule has 0 aliphatic heterocycles. The van der Waals surface area contributed by atoms with E-state index in [0.717, 1.165) is 25.1 Å². The number of aliphatic hydroxyl groups excluding tert-OH is 1. The SMILES string of the molecule is COC1(CNCc2cn(CCCO)nn2)CCC1. The van der Waals surface area contributed by atoms with Crippen LogP contribution in [-0.2, 0) is 17.8 Å². The monoisotopic (exact) mass is 254 g/mol. The molecule has 0 saturated heterocycles. The van der Waals surface area contributed by atoms with Gasteiger partial charge in [-0.15, -0.1) is 5.10 Å². The van der Waals surface area contributed by atoms with Gasteiger partial charge in [-0.3, -0.25) is 4.68 Å². The summed E-state index contributed by atoms with van der Waals surface area (Å²) in [5.41, 5.74) is 0.978. The number of methoxy groups -OCH3 is 1. The quantitative estimate of drug-likeness (QED) is 0.699. The summed E-state index contributed by atoms with van der Waals surface area (Å²) in [5, 5.41) is 20.2. The van der Waals surface area contributed by atoms with E-state index in [4.69, 9.17) is 9.84 Å². The second kappa shape index (κ2) is 6.26. The Morgan fingerprint density at radius 2 is 2.39 bits per heavy atom. The van der Waals surface area contributed by atoms with E-state index in [9.17, 15) is 0 Å². The molecule has 18 heavy (non-hydrogen) atoms. The van der Waals surface area contributed by atoms with Gasteiger partial charge in [0, 0.05) is 39.5 Å². The van der Waals surface area contributed by atoms with Crippen LogP contribution in [0.5, 0.6) is 0 Å². The first-order valence-electron chi connectivity index (χ1n) is 6.54. The fourth-order valence-corrected chi connectivity index (χ4v) is 2.20. The summed E-state index contributed by atoms with van der Waals surface area (Å²) >= 11 is 0. The molecule has 1 aromatic heterocycles. The van der Waals surface area contributed by atoms with Crippen molar-refractivity contribution < 1.29 is 9.84 Å². The van der Waals surface area contributed by atoms with Crippen molar-refractivity contribution in [1.29, 1.82) is 0 Å². The number of nitrogens with zero attached hydrogens (tertiary/aromatic N) is 3. The van der Waals surface area contributed by atoms with Gasteiger partial charge in [0.15, 0.2) is 0 Å². The zero-order chi connectivity index (χ0) is 12.8. The normalized spacial score (nSPS) is 17.7. The third-order valence-electron chi connectivity index (χ3n) is 3.58. The molecule has 0 atom stereocenters. The van der Waals surface area contributed by atoms with Gasteiger partial charge in [-0.25, -0.2) is 0 Å². The molecule has 0 unspecified atom stereocenters. The summed E-state index contributed by atoms with van der Waals surface area (Å²) < 4.78 is 7.31. The first-order chi connectivity index (χ1) is 8.78. The molecule has 1 fully saturated rings. The van der Waals surface area contributed by atoms with Crippen molar-refractivity contribution in [2.24, 2.45) is 0 Å². The Bertz CT molecular complexity index is 357. The Hall–Kier alpha value is -0.980. The maximum atomic E-state index is 8.74. The second-order valence-electron chi connectivity index (χ2n) is 4.89. The number of ether oxygens (including phenoxy) is 1. The van der Waals surface area contributed by atoms with E-state index in [-0.39, 0.29) is 12.2 Å². The van der Waals surface area contributed by atoms with E-state index in [1.54, 1.807) is 11.8 Å². The van der Waals surface area contributed by atoms with Crippen LogP contribution >= 0.6 is 0 Å². The Morgan fingerprint density at radius 1 is 1.56 bits per heavy atom. The molecule has 102 valence electrons. The van der Waals surface area contributed by atoms with Gasteiger partial charge in [0.1, 0.15) is 0 Å². The van der Waals surface area contributed by atoms with E-state index >= 15 is 0 Å². The van der Waals surface area contributed by atoms with E-state index < -0.39 is 0 Å². The van der Waals surface area contributed by atoms with E-state index in [1.807, 2.05) is 6.20 Å².